The number of rotatable bonds is 2. The number of nitrogens with one attached hydrogen (secondary N) is 2. The molecule has 0 aliphatic carbocycles. The topological polar surface area (TPSA) is 99.1 Å². The molecule has 13 heteroatoms. The quantitative estimate of drug-likeness (QED) is 0.520. The number of anilines is 1. The number of aromatic amines is 1. The summed E-state index contributed by atoms with van der Waals surface area (Å²) in [5.41, 5.74) is 0.860. The average Bonchev–Trinajstić information content (AvgIpc) is 3.43. The summed E-state index contributed by atoms with van der Waals surface area (Å²) in [5, 5.41) is 14.1. The summed E-state index contributed by atoms with van der Waals surface area (Å²) in [6, 6.07) is 3.16. The maximum atomic E-state index is 13.6. The van der Waals surface area contributed by atoms with Crippen molar-refractivity contribution in [2.45, 2.75) is 44.6 Å². The van der Waals surface area contributed by atoms with Gasteiger partial charge in [0.15, 0.2) is 0 Å². The predicted octanol–water partition coefficient (Wildman–Crippen LogP) is 3.61. The summed E-state index contributed by atoms with van der Waals surface area (Å²) in [4.78, 5) is 29.4. The fraction of sp³-hybridized carbons (Fsp3) is 0.391. The number of H-pyrrole nitrogens is 1. The molecule has 3 amide bonds. The molecule has 0 fully saturated rings. The van der Waals surface area contributed by atoms with Gasteiger partial charge >= 0.3 is 12.2 Å². The Morgan fingerprint density at radius 3 is 2.69 bits per heavy atom. The van der Waals surface area contributed by atoms with Crippen LogP contribution < -0.4 is 5.32 Å². The van der Waals surface area contributed by atoms with Crippen LogP contribution in [-0.4, -0.2) is 61.4 Å². The molecule has 0 spiro atoms. The molecule has 0 bridgehead atoms. The molecule has 36 heavy (non-hydrogen) atoms. The number of amides is 3. The number of carbonyl (C=O) groups is 2. The van der Waals surface area contributed by atoms with Crippen LogP contribution in [0.1, 0.15) is 45.8 Å². The van der Waals surface area contributed by atoms with Crippen molar-refractivity contribution in [3.8, 4) is 0 Å². The lowest BCUT2D eigenvalue weighted by Gasteiger charge is -2.33. The highest BCUT2D eigenvalue weighted by atomic mass is 19.4. The van der Waals surface area contributed by atoms with Crippen molar-refractivity contribution in [1.82, 2.24) is 29.8 Å². The second kappa shape index (κ2) is 8.64. The summed E-state index contributed by atoms with van der Waals surface area (Å²) in [7, 11) is 1.69. The van der Waals surface area contributed by atoms with Crippen molar-refractivity contribution in [2.24, 2.45) is 0 Å². The van der Waals surface area contributed by atoms with Gasteiger partial charge in [-0.2, -0.15) is 23.4 Å². The Morgan fingerprint density at radius 1 is 1.22 bits per heavy atom. The largest absolute Gasteiger partial charge is 0.419 e. The number of likely N-dealkylation sites (N-methyl/N-ethyl adjacent to an activating group) is 1. The van der Waals surface area contributed by atoms with E-state index in [2.05, 4.69) is 20.6 Å². The van der Waals surface area contributed by atoms with Crippen LogP contribution in [0.4, 0.5) is 28.0 Å². The first-order valence-corrected chi connectivity index (χ1v) is 11.3. The van der Waals surface area contributed by atoms with Gasteiger partial charge in [0.2, 0.25) is 0 Å². The van der Waals surface area contributed by atoms with Gasteiger partial charge in [-0.3, -0.25) is 14.6 Å². The van der Waals surface area contributed by atoms with Gasteiger partial charge in [0.05, 0.1) is 30.0 Å². The van der Waals surface area contributed by atoms with E-state index in [-0.39, 0.29) is 30.1 Å². The second-order valence-electron chi connectivity index (χ2n) is 9.14. The standard InChI is InChI=1S/C23H23F4N7O2/c1-12-7-19-15(11-33(12)22(36)29-14-3-4-17(24)16(8-14)23(25,26)27)20-21(35)32(2)9-13(10-34(20)31-19)18-5-6-28-30-18/h3-6,8,12-13H,7,9-11H2,1-2H3,(H,28,30)(H,29,36)/t12-,13-/m1/s1. The highest BCUT2D eigenvalue weighted by Crippen LogP contribution is 2.34. The number of aromatic nitrogens is 4. The monoisotopic (exact) mass is 505 g/mol. The highest BCUT2D eigenvalue weighted by Gasteiger charge is 2.38. The molecule has 4 heterocycles. The lowest BCUT2D eigenvalue weighted by molar-refractivity contribution is -0.139. The normalized spacial score (nSPS) is 20.1. The first-order valence-electron chi connectivity index (χ1n) is 11.3. The molecular formula is C23H23F4N7O2. The number of nitrogens with zero attached hydrogens (tertiary/aromatic N) is 5. The molecular weight excluding hydrogens is 482 g/mol. The lowest BCUT2D eigenvalue weighted by atomic mass is 9.99. The van der Waals surface area contributed by atoms with E-state index in [1.807, 2.05) is 6.07 Å². The Kier molecular flexibility index (Phi) is 5.72. The summed E-state index contributed by atoms with van der Waals surface area (Å²) in [6.07, 6.45) is -2.81. The molecule has 190 valence electrons. The molecule has 2 N–H and O–H groups in total. The Hall–Kier alpha value is -3.90. The number of urea groups is 1. The van der Waals surface area contributed by atoms with E-state index in [1.54, 1.807) is 29.7 Å². The number of benzene rings is 1. The van der Waals surface area contributed by atoms with Gasteiger partial charge in [-0.05, 0) is 31.2 Å². The Balaban J connectivity index is 1.42. The zero-order valence-corrected chi connectivity index (χ0v) is 19.4. The van der Waals surface area contributed by atoms with Crippen LogP contribution in [0.2, 0.25) is 0 Å². The number of fused-ring (bicyclic) bond motifs is 3. The maximum absolute atomic E-state index is 13.6. The average molecular weight is 505 g/mol. The molecule has 2 aliphatic rings. The first kappa shape index (κ1) is 23.8. The molecule has 2 aliphatic heterocycles. The fourth-order valence-corrected chi connectivity index (χ4v) is 4.80. The van der Waals surface area contributed by atoms with Gasteiger partial charge in [-0.25, -0.2) is 9.18 Å². The first-order chi connectivity index (χ1) is 17.0. The fourth-order valence-electron chi connectivity index (χ4n) is 4.80. The van der Waals surface area contributed by atoms with Crippen molar-refractivity contribution in [1.29, 1.82) is 0 Å². The third-order valence-corrected chi connectivity index (χ3v) is 6.64. The molecule has 9 nitrogen and oxygen atoms in total. The van der Waals surface area contributed by atoms with Crippen molar-refractivity contribution in [2.75, 3.05) is 18.9 Å². The lowest BCUT2D eigenvalue weighted by Crippen LogP contribution is -2.45. The minimum atomic E-state index is -4.89. The van der Waals surface area contributed by atoms with Crippen LogP contribution in [0, 0.1) is 5.82 Å². The summed E-state index contributed by atoms with van der Waals surface area (Å²) in [6.45, 7) is 2.71. The molecule has 2 aromatic heterocycles. The molecule has 0 unspecified atom stereocenters. The molecule has 0 saturated heterocycles. The van der Waals surface area contributed by atoms with Crippen molar-refractivity contribution in [3.63, 3.8) is 0 Å². The van der Waals surface area contributed by atoms with Crippen molar-refractivity contribution in [3.05, 3.63) is 64.5 Å². The van der Waals surface area contributed by atoms with Gasteiger partial charge in [0.25, 0.3) is 5.91 Å². The van der Waals surface area contributed by atoms with Crippen LogP contribution >= 0.6 is 0 Å². The molecule has 2 atom stereocenters. The van der Waals surface area contributed by atoms with Gasteiger partial charge in [0, 0.05) is 49.4 Å². The number of halogens is 4. The molecule has 0 saturated carbocycles. The minimum absolute atomic E-state index is 0.0532. The molecule has 0 radical (unpaired) electrons. The van der Waals surface area contributed by atoms with Crippen LogP contribution in [-0.2, 0) is 25.7 Å². The Labute approximate surface area is 203 Å². The van der Waals surface area contributed by atoms with Crippen LogP contribution in [0.3, 0.4) is 0 Å². The molecule has 5 rings (SSSR count). The van der Waals surface area contributed by atoms with Crippen LogP contribution in [0.25, 0.3) is 0 Å². The van der Waals surface area contributed by atoms with E-state index in [1.165, 1.54) is 4.90 Å². The summed E-state index contributed by atoms with van der Waals surface area (Å²) < 4.78 is 54.5. The third kappa shape index (κ3) is 4.18. The van der Waals surface area contributed by atoms with Gasteiger partial charge in [-0.1, -0.05) is 0 Å². The third-order valence-electron chi connectivity index (χ3n) is 6.64. The van der Waals surface area contributed by atoms with E-state index < -0.39 is 23.6 Å². The number of carbonyl (C=O) groups excluding carboxylic acids is 2. The SMILES string of the molecule is C[C@@H]1Cc2nn3c(c2CN1C(=O)Nc1ccc(F)c(C(F)(F)F)c1)C(=O)N(C)C[C@@H](c1cc[nH]n1)C3. The van der Waals surface area contributed by atoms with Gasteiger partial charge < -0.3 is 15.1 Å². The maximum Gasteiger partial charge on any atom is 0.419 e. The Bertz CT molecular complexity index is 1320. The summed E-state index contributed by atoms with van der Waals surface area (Å²) >= 11 is 0. The number of hydrogen-bond donors (Lipinski definition) is 2. The van der Waals surface area contributed by atoms with Crippen molar-refractivity contribution >= 4 is 17.6 Å². The van der Waals surface area contributed by atoms with E-state index in [4.69, 9.17) is 0 Å². The summed E-state index contributed by atoms with van der Waals surface area (Å²) in [5.74, 6) is -1.73. The van der Waals surface area contributed by atoms with Gasteiger partial charge in [0.1, 0.15) is 11.5 Å². The van der Waals surface area contributed by atoms with E-state index >= 15 is 0 Å². The molecule has 1 aromatic carbocycles. The van der Waals surface area contributed by atoms with Crippen LogP contribution in [0.5, 0.6) is 0 Å². The highest BCUT2D eigenvalue weighted by molar-refractivity contribution is 5.95. The number of alkyl halides is 3. The molecule has 3 aromatic rings. The van der Waals surface area contributed by atoms with E-state index in [0.29, 0.717) is 48.6 Å². The predicted molar refractivity (Wildman–Crippen MR) is 120 cm³/mol. The smallest absolute Gasteiger partial charge is 0.340 e. The van der Waals surface area contributed by atoms with E-state index in [0.717, 1.165) is 11.8 Å². The second-order valence-corrected chi connectivity index (χ2v) is 9.14. The number of hydrogen-bond acceptors (Lipinski definition) is 4. The van der Waals surface area contributed by atoms with Crippen molar-refractivity contribution < 1.29 is 27.2 Å². The van der Waals surface area contributed by atoms with Gasteiger partial charge in [-0.15, -0.1) is 0 Å². The zero-order chi connectivity index (χ0) is 25.8. The van der Waals surface area contributed by atoms with Crippen LogP contribution in [0.15, 0.2) is 30.5 Å². The Morgan fingerprint density at radius 2 is 2.00 bits per heavy atom. The zero-order valence-electron chi connectivity index (χ0n) is 19.4. The van der Waals surface area contributed by atoms with E-state index in [9.17, 15) is 27.2 Å². The minimum Gasteiger partial charge on any atom is -0.340 e.